The van der Waals surface area contributed by atoms with Crippen molar-refractivity contribution in [1.29, 1.82) is 0 Å². The number of para-hydroxylation sites is 1. The molecule has 19 heavy (non-hydrogen) atoms. The largest absolute Gasteiger partial charge is 0.328 e. The van der Waals surface area contributed by atoms with E-state index in [-0.39, 0.29) is 12.1 Å². The van der Waals surface area contributed by atoms with Gasteiger partial charge in [-0.25, -0.2) is 4.79 Å². The highest BCUT2D eigenvalue weighted by atomic mass is 16.2. The molecule has 0 spiro atoms. The van der Waals surface area contributed by atoms with E-state index in [0.717, 1.165) is 15.5 Å². The Morgan fingerprint density at radius 2 is 2.00 bits per heavy atom. The van der Waals surface area contributed by atoms with Crippen LogP contribution in [0.4, 0.5) is 0 Å². The zero-order chi connectivity index (χ0) is 13.4. The van der Waals surface area contributed by atoms with Crippen molar-refractivity contribution in [2.24, 2.45) is 7.05 Å². The maximum atomic E-state index is 11.7. The average molecular weight is 256 g/mol. The summed E-state index contributed by atoms with van der Waals surface area (Å²) in [6.07, 6.45) is 1.34. The third kappa shape index (κ3) is 1.87. The molecule has 1 aromatic carbocycles. The number of hydrogen-bond acceptors (Lipinski definition) is 3. The summed E-state index contributed by atoms with van der Waals surface area (Å²) in [5.41, 5.74) is 0.913. The van der Waals surface area contributed by atoms with Crippen LogP contribution in [0.3, 0.4) is 0 Å². The highest BCUT2D eigenvalue weighted by molar-refractivity contribution is 5.81. The molecule has 6 nitrogen and oxygen atoms in total. The molecular weight excluding hydrogens is 244 g/mol. The number of rotatable bonds is 2. The number of fused-ring (bicyclic) bond motifs is 1. The molecule has 0 unspecified atom stereocenters. The van der Waals surface area contributed by atoms with Crippen LogP contribution in [0.25, 0.3) is 10.9 Å². The molecule has 0 aliphatic heterocycles. The van der Waals surface area contributed by atoms with Crippen LogP contribution in [0.15, 0.2) is 46.1 Å². The smallest absolute Gasteiger partial charge is 0.314 e. The van der Waals surface area contributed by atoms with Crippen molar-refractivity contribution in [1.82, 2.24) is 19.3 Å². The lowest BCUT2D eigenvalue weighted by Crippen LogP contribution is -2.34. The maximum Gasteiger partial charge on any atom is 0.328 e. The number of H-pyrrole nitrogens is 1. The average Bonchev–Trinajstić information content (AvgIpc) is 2.72. The Morgan fingerprint density at radius 1 is 1.21 bits per heavy atom. The summed E-state index contributed by atoms with van der Waals surface area (Å²) >= 11 is 0. The highest BCUT2D eigenvalue weighted by Gasteiger charge is 2.10. The van der Waals surface area contributed by atoms with Gasteiger partial charge in [0.2, 0.25) is 0 Å². The van der Waals surface area contributed by atoms with Crippen molar-refractivity contribution >= 4 is 10.9 Å². The van der Waals surface area contributed by atoms with Gasteiger partial charge < -0.3 is 4.98 Å². The Labute approximate surface area is 107 Å². The monoisotopic (exact) mass is 256 g/mol. The lowest BCUT2D eigenvalue weighted by molar-refractivity contribution is 0.665. The van der Waals surface area contributed by atoms with Gasteiger partial charge in [0.25, 0.3) is 5.56 Å². The van der Waals surface area contributed by atoms with Gasteiger partial charge in [-0.2, -0.15) is 5.10 Å². The number of nitrogens with one attached hydrogen (secondary N) is 1. The van der Waals surface area contributed by atoms with Gasteiger partial charge >= 0.3 is 5.69 Å². The van der Waals surface area contributed by atoms with E-state index in [1.54, 1.807) is 4.68 Å². The van der Waals surface area contributed by atoms with Crippen LogP contribution in [-0.4, -0.2) is 19.3 Å². The van der Waals surface area contributed by atoms with Crippen molar-refractivity contribution in [3.63, 3.8) is 0 Å². The quantitative estimate of drug-likeness (QED) is 0.724. The summed E-state index contributed by atoms with van der Waals surface area (Å²) in [6, 6.07) is 9.04. The van der Waals surface area contributed by atoms with Crippen LogP contribution in [0.2, 0.25) is 0 Å². The van der Waals surface area contributed by atoms with E-state index in [1.165, 1.54) is 12.3 Å². The molecule has 0 saturated heterocycles. The van der Waals surface area contributed by atoms with Gasteiger partial charge in [-0.1, -0.05) is 18.2 Å². The van der Waals surface area contributed by atoms with Crippen molar-refractivity contribution in [2.45, 2.75) is 6.54 Å². The van der Waals surface area contributed by atoms with E-state index in [0.29, 0.717) is 5.69 Å². The minimum Gasteiger partial charge on any atom is -0.314 e. The Balaban J connectivity index is 2.17. The van der Waals surface area contributed by atoms with Gasteiger partial charge in [0.05, 0.1) is 17.8 Å². The molecule has 0 fully saturated rings. The molecule has 0 radical (unpaired) electrons. The molecule has 3 aromatic rings. The highest BCUT2D eigenvalue weighted by Crippen LogP contribution is 2.17. The van der Waals surface area contributed by atoms with Crippen LogP contribution in [0.5, 0.6) is 0 Å². The third-order valence-corrected chi connectivity index (χ3v) is 3.09. The fourth-order valence-corrected chi connectivity index (χ4v) is 2.16. The molecule has 2 heterocycles. The SMILES string of the molecule is Cn1nc(Cn2c(=O)cc[nH]c2=O)c2ccccc21. The number of aromatic nitrogens is 4. The molecule has 3 rings (SSSR count). The van der Waals surface area contributed by atoms with Crippen LogP contribution < -0.4 is 11.2 Å². The summed E-state index contributed by atoms with van der Waals surface area (Å²) in [7, 11) is 1.84. The fraction of sp³-hybridized carbons (Fsp3) is 0.154. The van der Waals surface area contributed by atoms with Crippen molar-refractivity contribution in [3.05, 3.63) is 63.1 Å². The number of nitrogens with zero attached hydrogens (tertiary/aromatic N) is 3. The molecule has 0 aliphatic carbocycles. The van der Waals surface area contributed by atoms with E-state index in [9.17, 15) is 9.59 Å². The molecule has 1 N–H and O–H groups in total. The van der Waals surface area contributed by atoms with E-state index in [2.05, 4.69) is 10.1 Å². The van der Waals surface area contributed by atoms with Gasteiger partial charge in [-0.3, -0.25) is 14.0 Å². The number of benzene rings is 1. The van der Waals surface area contributed by atoms with Crippen LogP contribution in [0.1, 0.15) is 5.69 Å². The zero-order valence-electron chi connectivity index (χ0n) is 10.3. The van der Waals surface area contributed by atoms with Crippen molar-refractivity contribution in [3.8, 4) is 0 Å². The van der Waals surface area contributed by atoms with Gasteiger partial charge in [-0.05, 0) is 6.07 Å². The lowest BCUT2D eigenvalue weighted by atomic mass is 10.2. The second-order valence-corrected chi connectivity index (χ2v) is 4.29. The molecule has 2 aromatic heterocycles. The predicted molar refractivity (Wildman–Crippen MR) is 71.1 cm³/mol. The molecule has 0 atom stereocenters. The standard InChI is InChI=1S/C13H12N4O2/c1-16-11-5-3-2-4-9(11)10(15-16)8-17-12(18)6-7-14-13(17)19/h2-7H,8H2,1H3,(H,14,19). The number of aromatic amines is 1. The molecular formula is C13H12N4O2. The topological polar surface area (TPSA) is 72.7 Å². The Kier molecular flexibility index (Phi) is 2.56. The minimum atomic E-state index is -0.428. The van der Waals surface area contributed by atoms with E-state index >= 15 is 0 Å². The van der Waals surface area contributed by atoms with E-state index in [4.69, 9.17) is 0 Å². The van der Waals surface area contributed by atoms with Gasteiger partial charge in [0.1, 0.15) is 0 Å². The fourth-order valence-electron chi connectivity index (χ4n) is 2.16. The predicted octanol–water partition coefficient (Wildman–Crippen LogP) is 0.472. The molecule has 0 bridgehead atoms. The first-order chi connectivity index (χ1) is 9.16. The summed E-state index contributed by atoms with van der Waals surface area (Å²) in [5.74, 6) is 0. The summed E-state index contributed by atoms with van der Waals surface area (Å²) in [4.78, 5) is 25.8. The number of hydrogen-bond donors (Lipinski definition) is 1. The Bertz CT molecular complexity index is 828. The van der Waals surface area contributed by atoms with Crippen LogP contribution in [-0.2, 0) is 13.6 Å². The summed E-state index contributed by atoms with van der Waals surface area (Å²) < 4.78 is 2.88. The third-order valence-electron chi connectivity index (χ3n) is 3.09. The summed E-state index contributed by atoms with van der Waals surface area (Å²) in [6.45, 7) is 0.163. The van der Waals surface area contributed by atoms with Gasteiger partial charge in [0.15, 0.2) is 0 Å². The molecule has 6 heteroatoms. The summed E-state index contributed by atoms with van der Waals surface area (Å²) in [5, 5.41) is 5.32. The van der Waals surface area contributed by atoms with Crippen LogP contribution >= 0.6 is 0 Å². The van der Waals surface area contributed by atoms with Crippen molar-refractivity contribution < 1.29 is 0 Å². The molecule has 0 saturated carbocycles. The first kappa shape index (κ1) is 11.5. The lowest BCUT2D eigenvalue weighted by Gasteiger charge is -2.01. The van der Waals surface area contributed by atoms with Gasteiger partial charge in [0, 0.05) is 24.7 Å². The first-order valence-electron chi connectivity index (χ1n) is 5.86. The maximum absolute atomic E-state index is 11.7. The van der Waals surface area contributed by atoms with E-state index in [1.807, 2.05) is 31.3 Å². The van der Waals surface area contributed by atoms with E-state index < -0.39 is 5.69 Å². The molecule has 96 valence electrons. The minimum absolute atomic E-state index is 0.163. The molecule has 0 aliphatic rings. The first-order valence-corrected chi connectivity index (χ1v) is 5.86. The van der Waals surface area contributed by atoms with Crippen molar-refractivity contribution in [2.75, 3.05) is 0 Å². The van der Waals surface area contributed by atoms with Crippen LogP contribution in [0, 0.1) is 0 Å². The normalized spacial score (nSPS) is 11.0. The Hall–Kier alpha value is -2.63. The van der Waals surface area contributed by atoms with Gasteiger partial charge in [-0.15, -0.1) is 0 Å². The second kappa shape index (κ2) is 4.24. The zero-order valence-corrected chi connectivity index (χ0v) is 10.3. The second-order valence-electron chi connectivity index (χ2n) is 4.29. The molecule has 0 amide bonds. The number of aryl methyl sites for hydroxylation is 1. The Morgan fingerprint density at radius 3 is 2.79 bits per heavy atom.